The SMILES string of the molecule is O=C(O)CCN(CCc1ccc(Oc2nc3ccccc3s2)cc1)C1CCC1. The largest absolute Gasteiger partial charge is 0.481 e. The molecule has 6 heteroatoms. The Balaban J connectivity index is 1.33. The summed E-state index contributed by atoms with van der Waals surface area (Å²) in [7, 11) is 0. The van der Waals surface area contributed by atoms with Gasteiger partial charge in [0, 0.05) is 19.1 Å². The van der Waals surface area contributed by atoms with Crippen LogP contribution in [0.5, 0.6) is 10.9 Å². The minimum atomic E-state index is -0.722. The second kappa shape index (κ2) is 8.71. The lowest BCUT2D eigenvalue weighted by Crippen LogP contribution is -2.42. The van der Waals surface area contributed by atoms with E-state index in [-0.39, 0.29) is 6.42 Å². The normalized spacial score (nSPS) is 14.3. The zero-order valence-electron chi connectivity index (χ0n) is 15.7. The number of carboxylic acid groups (broad SMARTS) is 1. The lowest BCUT2D eigenvalue weighted by Gasteiger charge is -2.37. The first-order valence-corrected chi connectivity index (χ1v) is 10.6. The van der Waals surface area contributed by atoms with Crippen LogP contribution in [0.2, 0.25) is 0 Å². The highest BCUT2D eigenvalue weighted by molar-refractivity contribution is 7.20. The second-order valence-electron chi connectivity index (χ2n) is 7.21. The van der Waals surface area contributed by atoms with Gasteiger partial charge in [-0.15, -0.1) is 0 Å². The molecule has 1 aliphatic carbocycles. The van der Waals surface area contributed by atoms with Crippen LogP contribution in [0, 0.1) is 0 Å². The van der Waals surface area contributed by atoms with E-state index < -0.39 is 5.97 Å². The van der Waals surface area contributed by atoms with Crippen LogP contribution in [0.1, 0.15) is 31.2 Å². The summed E-state index contributed by atoms with van der Waals surface area (Å²) in [6.07, 6.45) is 4.76. The van der Waals surface area contributed by atoms with E-state index in [1.54, 1.807) is 11.3 Å². The molecule has 2 aromatic carbocycles. The van der Waals surface area contributed by atoms with Gasteiger partial charge in [-0.2, -0.15) is 0 Å². The third-order valence-electron chi connectivity index (χ3n) is 5.29. The van der Waals surface area contributed by atoms with E-state index in [1.807, 2.05) is 36.4 Å². The quantitative estimate of drug-likeness (QED) is 0.554. The number of ether oxygens (including phenoxy) is 1. The summed E-state index contributed by atoms with van der Waals surface area (Å²) < 4.78 is 7.02. The van der Waals surface area contributed by atoms with Crippen LogP contribution in [0.25, 0.3) is 10.2 Å². The summed E-state index contributed by atoms with van der Waals surface area (Å²) in [5.74, 6) is 0.0604. The van der Waals surface area contributed by atoms with Crippen LogP contribution < -0.4 is 4.74 Å². The number of hydrogen-bond acceptors (Lipinski definition) is 5. The highest BCUT2D eigenvalue weighted by Crippen LogP contribution is 2.31. The maximum Gasteiger partial charge on any atom is 0.304 e. The number of aromatic nitrogens is 1. The molecule has 5 nitrogen and oxygen atoms in total. The molecule has 3 aromatic rings. The Labute approximate surface area is 168 Å². The summed E-state index contributed by atoms with van der Waals surface area (Å²) in [6.45, 7) is 1.54. The van der Waals surface area contributed by atoms with E-state index >= 15 is 0 Å². The first-order chi connectivity index (χ1) is 13.7. The summed E-state index contributed by atoms with van der Waals surface area (Å²) >= 11 is 1.54. The van der Waals surface area contributed by atoms with Gasteiger partial charge in [-0.25, -0.2) is 4.98 Å². The van der Waals surface area contributed by atoms with Crippen LogP contribution in [-0.4, -0.2) is 40.1 Å². The van der Waals surface area contributed by atoms with Gasteiger partial charge in [-0.3, -0.25) is 9.69 Å². The molecule has 1 heterocycles. The van der Waals surface area contributed by atoms with E-state index in [4.69, 9.17) is 9.84 Å². The van der Waals surface area contributed by atoms with Gasteiger partial charge in [-0.1, -0.05) is 42.0 Å². The number of carbonyl (C=O) groups is 1. The Morgan fingerprint density at radius 2 is 1.93 bits per heavy atom. The fourth-order valence-corrected chi connectivity index (χ4v) is 4.30. The van der Waals surface area contributed by atoms with Gasteiger partial charge in [0.25, 0.3) is 5.19 Å². The molecule has 1 saturated carbocycles. The van der Waals surface area contributed by atoms with Gasteiger partial charge in [0.1, 0.15) is 5.75 Å². The molecule has 0 unspecified atom stereocenters. The van der Waals surface area contributed by atoms with Crippen molar-refractivity contribution in [3.05, 3.63) is 54.1 Å². The first-order valence-electron chi connectivity index (χ1n) is 9.75. The highest BCUT2D eigenvalue weighted by Gasteiger charge is 2.24. The van der Waals surface area contributed by atoms with Crippen molar-refractivity contribution < 1.29 is 14.6 Å². The molecule has 0 atom stereocenters. The Morgan fingerprint density at radius 1 is 1.14 bits per heavy atom. The Hall–Kier alpha value is -2.44. The van der Waals surface area contributed by atoms with Crippen LogP contribution in [0.3, 0.4) is 0 Å². The van der Waals surface area contributed by atoms with Crippen molar-refractivity contribution in [2.45, 2.75) is 38.1 Å². The van der Waals surface area contributed by atoms with Crippen molar-refractivity contribution in [2.75, 3.05) is 13.1 Å². The number of aliphatic carboxylic acids is 1. The standard InChI is InChI=1S/C22H24N2O3S/c25-21(26)13-15-24(17-4-3-5-17)14-12-16-8-10-18(11-9-16)27-22-23-19-6-1-2-7-20(19)28-22/h1-2,6-11,17H,3-5,12-15H2,(H,25,26). The monoisotopic (exact) mass is 396 g/mol. The minimum Gasteiger partial charge on any atom is -0.481 e. The number of rotatable bonds is 9. The number of benzene rings is 2. The van der Waals surface area contributed by atoms with E-state index in [9.17, 15) is 4.79 Å². The van der Waals surface area contributed by atoms with E-state index in [0.29, 0.717) is 17.8 Å². The molecule has 1 aliphatic rings. The molecule has 0 radical (unpaired) electrons. The van der Waals surface area contributed by atoms with Crippen molar-refractivity contribution in [3.8, 4) is 10.9 Å². The fraction of sp³-hybridized carbons (Fsp3) is 0.364. The Bertz CT molecular complexity index is 901. The van der Waals surface area contributed by atoms with Gasteiger partial charge >= 0.3 is 5.97 Å². The smallest absolute Gasteiger partial charge is 0.304 e. The highest BCUT2D eigenvalue weighted by atomic mass is 32.1. The predicted molar refractivity (Wildman–Crippen MR) is 111 cm³/mol. The third kappa shape index (κ3) is 4.69. The van der Waals surface area contributed by atoms with Gasteiger partial charge < -0.3 is 9.84 Å². The molecule has 4 rings (SSSR count). The fourth-order valence-electron chi connectivity index (χ4n) is 3.46. The molecule has 0 aliphatic heterocycles. The van der Waals surface area contributed by atoms with Crippen molar-refractivity contribution in [3.63, 3.8) is 0 Å². The van der Waals surface area contributed by atoms with Crippen molar-refractivity contribution >= 4 is 27.5 Å². The minimum absolute atomic E-state index is 0.214. The predicted octanol–water partition coefficient (Wildman–Crippen LogP) is 4.96. The first kappa shape index (κ1) is 18.9. The average molecular weight is 397 g/mol. The van der Waals surface area contributed by atoms with Gasteiger partial charge in [-0.05, 0) is 49.1 Å². The number of carboxylic acids is 1. The summed E-state index contributed by atoms with van der Waals surface area (Å²) in [5, 5.41) is 9.62. The van der Waals surface area contributed by atoms with Crippen LogP contribution >= 0.6 is 11.3 Å². The maximum atomic E-state index is 10.9. The zero-order chi connectivity index (χ0) is 19.3. The molecular formula is C22H24N2O3S. The van der Waals surface area contributed by atoms with Gasteiger partial charge in [0.2, 0.25) is 0 Å². The summed E-state index contributed by atoms with van der Waals surface area (Å²) in [5.41, 5.74) is 2.19. The number of hydrogen-bond donors (Lipinski definition) is 1. The second-order valence-corrected chi connectivity index (χ2v) is 8.20. The Kier molecular flexibility index (Phi) is 5.88. The molecule has 28 heavy (non-hydrogen) atoms. The molecule has 146 valence electrons. The zero-order valence-corrected chi connectivity index (χ0v) is 16.5. The lowest BCUT2D eigenvalue weighted by atomic mass is 9.91. The molecule has 1 aromatic heterocycles. The Morgan fingerprint density at radius 3 is 2.61 bits per heavy atom. The number of para-hydroxylation sites is 1. The molecule has 1 fully saturated rings. The van der Waals surface area contributed by atoms with Crippen molar-refractivity contribution in [2.24, 2.45) is 0 Å². The average Bonchev–Trinajstić information content (AvgIpc) is 3.05. The van der Waals surface area contributed by atoms with Gasteiger partial charge in [0.15, 0.2) is 0 Å². The topological polar surface area (TPSA) is 62.7 Å². The van der Waals surface area contributed by atoms with E-state index in [2.05, 4.69) is 22.0 Å². The number of thiazole rings is 1. The van der Waals surface area contributed by atoms with Crippen LogP contribution in [-0.2, 0) is 11.2 Å². The molecule has 0 amide bonds. The van der Waals surface area contributed by atoms with E-state index in [0.717, 1.165) is 28.9 Å². The van der Waals surface area contributed by atoms with Crippen molar-refractivity contribution in [1.29, 1.82) is 0 Å². The molecule has 0 spiro atoms. The summed E-state index contributed by atoms with van der Waals surface area (Å²) in [6, 6.07) is 16.7. The summed E-state index contributed by atoms with van der Waals surface area (Å²) in [4.78, 5) is 17.7. The number of fused-ring (bicyclic) bond motifs is 1. The molecule has 0 bridgehead atoms. The van der Waals surface area contributed by atoms with Gasteiger partial charge in [0.05, 0.1) is 16.6 Å². The molecular weight excluding hydrogens is 372 g/mol. The van der Waals surface area contributed by atoms with Crippen LogP contribution in [0.4, 0.5) is 0 Å². The van der Waals surface area contributed by atoms with Crippen LogP contribution in [0.15, 0.2) is 48.5 Å². The molecule has 1 N–H and O–H groups in total. The maximum absolute atomic E-state index is 10.9. The lowest BCUT2D eigenvalue weighted by molar-refractivity contribution is -0.137. The molecule has 0 saturated heterocycles. The number of nitrogens with zero attached hydrogens (tertiary/aromatic N) is 2. The van der Waals surface area contributed by atoms with E-state index in [1.165, 1.54) is 24.8 Å². The third-order valence-corrected chi connectivity index (χ3v) is 6.21. The van der Waals surface area contributed by atoms with Crippen molar-refractivity contribution in [1.82, 2.24) is 9.88 Å².